The van der Waals surface area contributed by atoms with Gasteiger partial charge in [-0.1, -0.05) is 12.8 Å². The van der Waals surface area contributed by atoms with Crippen LogP contribution in [0.25, 0.3) is 0 Å². The molecular weight excluding hydrogens is 250 g/mol. The summed E-state index contributed by atoms with van der Waals surface area (Å²) in [6.07, 6.45) is 9.20. The molecule has 4 heteroatoms. The first-order valence-electron chi connectivity index (χ1n) is 7.85. The number of carbonyl (C=O) groups excluding carboxylic acids is 1. The van der Waals surface area contributed by atoms with Crippen LogP contribution >= 0.6 is 0 Å². The molecule has 1 unspecified atom stereocenters. The van der Waals surface area contributed by atoms with E-state index in [1.54, 1.807) is 0 Å². The molecule has 1 aromatic rings. The molecule has 4 nitrogen and oxygen atoms in total. The van der Waals surface area contributed by atoms with Crippen molar-refractivity contribution in [2.45, 2.75) is 51.0 Å². The van der Waals surface area contributed by atoms with Crippen molar-refractivity contribution in [2.75, 3.05) is 13.1 Å². The average molecular weight is 277 g/mol. The smallest absolute Gasteiger partial charge is 0.223 e. The van der Waals surface area contributed by atoms with Gasteiger partial charge in [-0.15, -0.1) is 0 Å². The second kappa shape index (κ2) is 7.48. The first kappa shape index (κ1) is 15.1. The summed E-state index contributed by atoms with van der Waals surface area (Å²) in [7, 11) is 2.07. The molecule has 0 spiro atoms. The Hall–Kier alpha value is -1.29. The lowest BCUT2D eigenvalue weighted by Crippen LogP contribution is -2.35. The van der Waals surface area contributed by atoms with Crippen LogP contribution in [0.1, 0.15) is 56.7 Å². The van der Waals surface area contributed by atoms with Crippen molar-refractivity contribution in [1.29, 1.82) is 0 Å². The summed E-state index contributed by atoms with van der Waals surface area (Å²) >= 11 is 0. The summed E-state index contributed by atoms with van der Waals surface area (Å²) in [6.45, 7) is 1.58. The van der Waals surface area contributed by atoms with Crippen molar-refractivity contribution in [3.63, 3.8) is 0 Å². The number of amides is 1. The Morgan fingerprint density at radius 3 is 2.90 bits per heavy atom. The van der Waals surface area contributed by atoms with Gasteiger partial charge in [-0.3, -0.25) is 4.79 Å². The molecule has 1 aliphatic heterocycles. The molecule has 2 N–H and O–H groups in total. The Kier molecular flexibility index (Phi) is 5.65. The van der Waals surface area contributed by atoms with Crippen LogP contribution in [0.3, 0.4) is 0 Å². The van der Waals surface area contributed by atoms with Gasteiger partial charge in [-0.25, -0.2) is 0 Å². The molecule has 20 heavy (non-hydrogen) atoms. The largest absolute Gasteiger partial charge is 0.353 e. The molecule has 2 heterocycles. The van der Waals surface area contributed by atoms with Crippen LogP contribution in [0.2, 0.25) is 0 Å². The minimum Gasteiger partial charge on any atom is -0.353 e. The zero-order valence-electron chi connectivity index (χ0n) is 12.6. The highest BCUT2D eigenvalue weighted by Gasteiger charge is 2.27. The van der Waals surface area contributed by atoms with Crippen LogP contribution in [0.4, 0.5) is 0 Å². The van der Waals surface area contributed by atoms with Gasteiger partial charge in [0.05, 0.1) is 6.04 Å². The minimum atomic E-state index is 0.253. The first-order valence-corrected chi connectivity index (χ1v) is 7.85. The van der Waals surface area contributed by atoms with E-state index in [1.165, 1.54) is 18.5 Å². The van der Waals surface area contributed by atoms with E-state index in [2.05, 4.69) is 34.8 Å². The highest BCUT2D eigenvalue weighted by molar-refractivity contribution is 5.76. The maximum absolute atomic E-state index is 12.5. The van der Waals surface area contributed by atoms with Crippen LogP contribution < -0.4 is 5.73 Å². The molecule has 1 aliphatic rings. The van der Waals surface area contributed by atoms with Gasteiger partial charge in [0, 0.05) is 31.9 Å². The molecule has 1 atom stereocenters. The Morgan fingerprint density at radius 1 is 1.35 bits per heavy atom. The topological polar surface area (TPSA) is 51.3 Å². The molecule has 1 saturated heterocycles. The van der Waals surface area contributed by atoms with Gasteiger partial charge in [0.2, 0.25) is 5.91 Å². The van der Waals surface area contributed by atoms with Crippen LogP contribution in [-0.2, 0) is 11.8 Å². The van der Waals surface area contributed by atoms with Crippen molar-refractivity contribution in [3.8, 4) is 0 Å². The van der Waals surface area contributed by atoms with Gasteiger partial charge in [0.1, 0.15) is 0 Å². The fourth-order valence-electron chi connectivity index (χ4n) is 3.10. The summed E-state index contributed by atoms with van der Waals surface area (Å²) in [5.74, 6) is 0.298. The lowest BCUT2D eigenvalue weighted by Gasteiger charge is -2.30. The number of carbonyl (C=O) groups is 1. The van der Waals surface area contributed by atoms with Crippen LogP contribution in [0, 0.1) is 0 Å². The van der Waals surface area contributed by atoms with Crippen molar-refractivity contribution < 1.29 is 4.79 Å². The summed E-state index contributed by atoms with van der Waals surface area (Å²) in [5, 5.41) is 0. The second-order valence-electron chi connectivity index (χ2n) is 5.74. The number of likely N-dealkylation sites (tertiary alicyclic amines) is 1. The molecule has 1 aromatic heterocycles. The first-order chi connectivity index (χ1) is 9.74. The number of nitrogens with zero attached hydrogens (tertiary/aromatic N) is 2. The third-order valence-electron chi connectivity index (χ3n) is 4.24. The third-order valence-corrected chi connectivity index (χ3v) is 4.24. The van der Waals surface area contributed by atoms with E-state index in [1.807, 2.05) is 0 Å². The second-order valence-corrected chi connectivity index (χ2v) is 5.74. The standard InChI is InChI=1S/C16H27N3O/c1-18-12-7-9-14(18)15-8-3-2-6-13-19(15)16(20)10-4-5-11-17/h7,9,12,15H,2-6,8,10-11,13,17H2,1H3. The van der Waals surface area contributed by atoms with E-state index >= 15 is 0 Å². The van der Waals surface area contributed by atoms with E-state index in [-0.39, 0.29) is 6.04 Å². The van der Waals surface area contributed by atoms with E-state index in [0.717, 1.165) is 32.2 Å². The number of rotatable bonds is 5. The van der Waals surface area contributed by atoms with Gasteiger partial charge in [0.15, 0.2) is 0 Å². The summed E-state index contributed by atoms with van der Waals surface area (Å²) in [4.78, 5) is 14.6. The van der Waals surface area contributed by atoms with E-state index < -0.39 is 0 Å². The van der Waals surface area contributed by atoms with Crippen LogP contribution in [-0.4, -0.2) is 28.5 Å². The van der Waals surface area contributed by atoms with Gasteiger partial charge < -0.3 is 15.2 Å². The SMILES string of the molecule is Cn1cccc1C1CCCCCN1C(=O)CCCCN. The summed E-state index contributed by atoms with van der Waals surface area (Å²) in [5.41, 5.74) is 6.78. The molecule has 1 fully saturated rings. The highest BCUT2D eigenvalue weighted by atomic mass is 16.2. The number of hydrogen-bond acceptors (Lipinski definition) is 2. The predicted molar refractivity (Wildman–Crippen MR) is 81.2 cm³/mol. The molecule has 2 rings (SSSR count). The molecule has 0 aromatic carbocycles. The summed E-state index contributed by atoms with van der Waals surface area (Å²) in [6, 6.07) is 4.47. The van der Waals surface area contributed by atoms with Gasteiger partial charge in [0.25, 0.3) is 0 Å². The number of aromatic nitrogens is 1. The van der Waals surface area contributed by atoms with Gasteiger partial charge in [-0.2, -0.15) is 0 Å². The lowest BCUT2D eigenvalue weighted by atomic mass is 10.1. The zero-order valence-corrected chi connectivity index (χ0v) is 12.6. The zero-order chi connectivity index (χ0) is 14.4. The molecule has 0 aliphatic carbocycles. The Morgan fingerprint density at radius 2 is 2.20 bits per heavy atom. The third kappa shape index (κ3) is 3.63. The Balaban J connectivity index is 2.09. The normalized spacial score (nSPS) is 19.9. The number of unbranched alkanes of at least 4 members (excludes halogenated alkanes) is 1. The van der Waals surface area contributed by atoms with Crippen molar-refractivity contribution in [3.05, 3.63) is 24.0 Å². The van der Waals surface area contributed by atoms with Crippen molar-refractivity contribution >= 4 is 5.91 Å². The lowest BCUT2D eigenvalue weighted by molar-refractivity contribution is -0.133. The van der Waals surface area contributed by atoms with Crippen LogP contribution in [0.15, 0.2) is 18.3 Å². The van der Waals surface area contributed by atoms with Crippen LogP contribution in [0.5, 0.6) is 0 Å². The minimum absolute atomic E-state index is 0.253. The Labute approximate surface area is 121 Å². The maximum Gasteiger partial charge on any atom is 0.223 e. The fourth-order valence-corrected chi connectivity index (χ4v) is 3.10. The number of hydrogen-bond donors (Lipinski definition) is 1. The molecular formula is C16H27N3O. The average Bonchev–Trinajstić information content (AvgIpc) is 2.73. The molecule has 1 amide bonds. The van der Waals surface area contributed by atoms with Gasteiger partial charge in [-0.05, 0) is 44.4 Å². The van der Waals surface area contributed by atoms with Crippen molar-refractivity contribution in [1.82, 2.24) is 9.47 Å². The molecule has 0 radical (unpaired) electrons. The van der Waals surface area contributed by atoms with E-state index in [0.29, 0.717) is 18.9 Å². The van der Waals surface area contributed by atoms with Gasteiger partial charge >= 0.3 is 0 Å². The molecule has 0 saturated carbocycles. The predicted octanol–water partition coefficient (Wildman–Crippen LogP) is 2.60. The fraction of sp³-hybridized carbons (Fsp3) is 0.688. The summed E-state index contributed by atoms with van der Waals surface area (Å²) < 4.78 is 2.15. The molecule has 0 bridgehead atoms. The van der Waals surface area contributed by atoms with E-state index in [4.69, 9.17) is 5.73 Å². The highest BCUT2D eigenvalue weighted by Crippen LogP contribution is 2.30. The molecule has 112 valence electrons. The Bertz CT molecular complexity index is 427. The van der Waals surface area contributed by atoms with Crippen molar-refractivity contribution in [2.24, 2.45) is 12.8 Å². The number of nitrogens with two attached hydrogens (primary N) is 1. The monoisotopic (exact) mass is 277 g/mol. The van der Waals surface area contributed by atoms with E-state index in [9.17, 15) is 4.79 Å². The number of aryl methyl sites for hydroxylation is 1. The maximum atomic E-state index is 12.5. The quantitative estimate of drug-likeness (QED) is 0.841.